The molecule has 16 heavy (non-hydrogen) atoms. The summed E-state index contributed by atoms with van der Waals surface area (Å²) in [5, 5.41) is 12.8. The average molecular weight is 217 g/mol. The van der Waals surface area contributed by atoms with Crippen molar-refractivity contribution in [1.82, 2.24) is 14.8 Å². The Morgan fingerprint density at radius 3 is 2.88 bits per heavy atom. The van der Waals surface area contributed by atoms with Gasteiger partial charge < -0.3 is 5.11 Å². The average Bonchev–Trinajstić information content (AvgIpc) is 2.62. The third-order valence-electron chi connectivity index (χ3n) is 2.24. The van der Waals surface area contributed by atoms with Crippen LogP contribution >= 0.6 is 0 Å². The molecule has 0 atom stereocenters. The number of pyridine rings is 1. The van der Waals surface area contributed by atoms with E-state index in [0.29, 0.717) is 6.54 Å². The zero-order valence-corrected chi connectivity index (χ0v) is 8.79. The molecule has 0 fully saturated rings. The Bertz CT molecular complexity index is 505. The molecule has 0 aliphatic carbocycles. The van der Waals surface area contributed by atoms with Crippen LogP contribution in [0.1, 0.15) is 21.9 Å². The topological polar surface area (TPSA) is 68.0 Å². The molecule has 1 N–H and O–H groups in total. The van der Waals surface area contributed by atoms with Crippen molar-refractivity contribution in [3.05, 3.63) is 47.5 Å². The summed E-state index contributed by atoms with van der Waals surface area (Å²) in [5.41, 5.74) is 1.72. The first-order valence-corrected chi connectivity index (χ1v) is 4.84. The van der Waals surface area contributed by atoms with Crippen LogP contribution in [0.25, 0.3) is 0 Å². The zero-order chi connectivity index (χ0) is 11.5. The smallest absolute Gasteiger partial charge is 0.356 e. The monoisotopic (exact) mass is 217 g/mol. The van der Waals surface area contributed by atoms with E-state index in [2.05, 4.69) is 10.1 Å². The highest BCUT2D eigenvalue weighted by Crippen LogP contribution is 2.06. The summed E-state index contributed by atoms with van der Waals surface area (Å²) in [6.07, 6.45) is 1.70. The lowest BCUT2D eigenvalue weighted by atomic mass is 10.3. The van der Waals surface area contributed by atoms with Gasteiger partial charge in [0.05, 0.1) is 12.2 Å². The van der Waals surface area contributed by atoms with E-state index in [1.54, 1.807) is 16.9 Å². The van der Waals surface area contributed by atoms with Gasteiger partial charge in [-0.05, 0) is 25.1 Å². The lowest BCUT2D eigenvalue weighted by Gasteiger charge is -2.02. The van der Waals surface area contributed by atoms with Crippen LogP contribution < -0.4 is 0 Å². The SMILES string of the molecule is Cc1cc(C(=O)O)nn1Cc1ccccn1. The predicted molar refractivity (Wildman–Crippen MR) is 57.3 cm³/mol. The van der Waals surface area contributed by atoms with Crippen molar-refractivity contribution in [3.8, 4) is 0 Å². The van der Waals surface area contributed by atoms with Gasteiger partial charge in [0, 0.05) is 11.9 Å². The minimum absolute atomic E-state index is 0.0634. The highest BCUT2D eigenvalue weighted by Gasteiger charge is 2.10. The van der Waals surface area contributed by atoms with Gasteiger partial charge in [-0.3, -0.25) is 9.67 Å². The Labute approximate surface area is 92.4 Å². The molecule has 0 spiro atoms. The Kier molecular flexibility index (Phi) is 2.68. The normalized spacial score (nSPS) is 10.3. The van der Waals surface area contributed by atoms with Crippen LogP contribution in [-0.2, 0) is 6.54 Å². The second-order valence-corrected chi connectivity index (χ2v) is 3.45. The van der Waals surface area contributed by atoms with Crippen LogP contribution in [0.4, 0.5) is 0 Å². The van der Waals surface area contributed by atoms with Gasteiger partial charge in [0.1, 0.15) is 0 Å². The van der Waals surface area contributed by atoms with Gasteiger partial charge in [-0.15, -0.1) is 0 Å². The molecule has 0 aliphatic rings. The summed E-state index contributed by atoms with van der Waals surface area (Å²) in [6.45, 7) is 2.31. The predicted octanol–water partition coefficient (Wildman–Crippen LogP) is 1.33. The molecule has 2 aromatic heterocycles. The summed E-state index contributed by atoms with van der Waals surface area (Å²) < 4.78 is 1.63. The van der Waals surface area contributed by atoms with Gasteiger partial charge in [0.25, 0.3) is 0 Å². The molecule has 82 valence electrons. The molecular formula is C11H11N3O2. The molecule has 0 bridgehead atoms. The highest BCUT2D eigenvalue weighted by molar-refractivity contribution is 5.85. The fourth-order valence-corrected chi connectivity index (χ4v) is 1.42. The minimum Gasteiger partial charge on any atom is -0.476 e. The van der Waals surface area contributed by atoms with Crippen molar-refractivity contribution >= 4 is 5.97 Å². The molecule has 5 nitrogen and oxygen atoms in total. The van der Waals surface area contributed by atoms with Crippen LogP contribution in [-0.4, -0.2) is 25.8 Å². The van der Waals surface area contributed by atoms with Gasteiger partial charge in [0.2, 0.25) is 0 Å². The van der Waals surface area contributed by atoms with Crippen molar-refractivity contribution in [1.29, 1.82) is 0 Å². The number of nitrogens with zero attached hydrogens (tertiary/aromatic N) is 3. The lowest BCUT2D eigenvalue weighted by molar-refractivity contribution is 0.0689. The Hall–Kier alpha value is -2.17. The number of hydrogen-bond acceptors (Lipinski definition) is 3. The highest BCUT2D eigenvalue weighted by atomic mass is 16.4. The number of carboxylic acid groups (broad SMARTS) is 1. The molecule has 0 amide bonds. The van der Waals surface area contributed by atoms with Crippen molar-refractivity contribution in [2.45, 2.75) is 13.5 Å². The summed E-state index contributed by atoms with van der Waals surface area (Å²) in [7, 11) is 0. The van der Waals surface area contributed by atoms with Crippen molar-refractivity contribution in [2.24, 2.45) is 0 Å². The molecule has 5 heteroatoms. The van der Waals surface area contributed by atoms with E-state index in [9.17, 15) is 4.79 Å². The molecule has 0 radical (unpaired) electrons. The van der Waals surface area contributed by atoms with Crippen LogP contribution in [0.2, 0.25) is 0 Å². The van der Waals surface area contributed by atoms with Gasteiger partial charge >= 0.3 is 5.97 Å². The summed E-state index contributed by atoms with van der Waals surface area (Å²) >= 11 is 0. The molecule has 0 unspecified atom stereocenters. The Morgan fingerprint density at radius 2 is 2.31 bits per heavy atom. The summed E-state index contributed by atoms with van der Waals surface area (Å²) in [5.74, 6) is -1.01. The van der Waals surface area contributed by atoms with Gasteiger partial charge in [0.15, 0.2) is 5.69 Å². The summed E-state index contributed by atoms with van der Waals surface area (Å²) in [4.78, 5) is 14.9. The fourth-order valence-electron chi connectivity index (χ4n) is 1.42. The quantitative estimate of drug-likeness (QED) is 0.842. The van der Waals surface area contributed by atoms with E-state index in [1.165, 1.54) is 0 Å². The first-order chi connectivity index (χ1) is 7.66. The van der Waals surface area contributed by atoms with E-state index >= 15 is 0 Å². The van der Waals surface area contributed by atoms with E-state index in [0.717, 1.165) is 11.4 Å². The molecule has 0 aromatic carbocycles. The molecular weight excluding hydrogens is 206 g/mol. The molecule has 2 rings (SSSR count). The third-order valence-corrected chi connectivity index (χ3v) is 2.24. The van der Waals surface area contributed by atoms with E-state index in [-0.39, 0.29) is 5.69 Å². The number of aromatic carboxylic acids is 1. The standard InChI is InChI=1S/C11H11N3O2/c1-8-6-10(11(15)16)13-14(8)7-9-4-2-3-5-12-9/h2-6H,7H2,1H3,(H,15,16). The number of aromatic nitrogens is 3. The maximum absolute atomic E-state index is 10.7. The van der Waals surface area contributed by atoms with Crippen LogP contribution in [0.5, 0.6) is 0 Å². The number of carbonyl (C=O) groups is 1. The summed E-state index contributed by atoms with van der Waals surface area (Å²) in [6, 6.07) is 7.15. The maximum atomic E-state index is 10.7. The largest absolute Gasteiger partial charge is 0.476 e. The number of carboxylic acids is 1. The maximum Gasteiger partial charge on any atom is 0.356 e. The first-order valence-electron chi connectivity index (χ1n) is 4.84. The second-order valence-electron chi connectivity index (χ2n) is 3.45. The van der Waals surface area contributed by atoms with Crippen LogP contribution in [0.15, 0.2) is 30.5 Å². The van der Waals surface area contributed by atoms with E-state index in [1.807, 2.05) is 25.1 Å². The Balaban J connectivity index is 2.25. The van der Waals surface area contributed by atoms with Crippen LogP contribution in [0, 0.1) is 6.92 Å². The molecule has 2 heterocycles. The molecule has 0 aliphatic heterocycles. The molecule has 0 saturated heterocycles. The van der Waals surface area contributed by atoms with Gasteiger partial charge in [-0.25, -0.2) is 4.79 Å². The number of rotatable bonds is 3. The van der Waals surface area contributed by atoms with E-state index in [4.69, 9.17) is 5.11 Å². The lowest BCUT2D eigenvalue weighted by Crippen LogP contribution is -2.06. The van der Waals surface area contributed by atoms with Gasteiger partial charge in [-0.2, -0.15) is 5.10 Å². The van der Waals surface area contributed by atoms with Gasteiger partial charge in [-0.1, -0.05) is 6.07 Å². The fraction of sp³-hybridized carbons (Fsp3) is 0.182. The zero-order valence-electron chi connectivity index (χ0n) is 8.79. The molecule has 0 saturated carbocycles. The first kappa shape index (κ1) is 10.4. The third kappa shape index (κ3) is 2.08. The van der Waals surface area contributed by atoms with Crippen LogP contribution in [0.3, 0.4) is 0 Å². The Morgan fingerprint density at radius 1 is 1.50 bits per heavy atom. The van der Waals surface area contributed by atoms with Crippen molar-refractivity contribution < 1.29 is 9.90 Å². The molecule has 2 aromatic rings. The number of hydrogen-bond donors (Lipinski definition) is 1. The van der Waals surface area contributed by atoms with Crippen molar-refractivity contribution in [2.75, 3.05) is 0 Å². The van der Waals surface area contributed by atoms with Crippen molar-refractivity contribution in [3.63, 3.8) is 0 Å². The van der Waals surface area contributed by atoms with E-state index < -0.39 is 5.97 Å². The minimum atomic E-state index is -1.01. The second kappa shape index (κ2) is 4.14. The number of aryl methyl sites for hydroxylation is 1.